The number of unbranched alkanes of at least 4 members (excludes halogenated alkanes) is 1. The van der Waals surface area contributed by atoms with Gasteiger partial charge in [0.05, 0.1) is 19.3 Å². The van der Waals surface area contributed by atoms with E-state index in [1.54, 1.807) is 21.2 Å². The number of hydrogen-bond acceptors (Lipinski definition) is 12. The van der Waals surface area contributed by atoms with Crippen LogP contribution in [0.3, 0.4) is 0 Å². The SMILES string of the molecule is CC[C@@H]1C[C@@H](OCc2ccccc2)C(=O)O1.CC[C@@H]1C[C@@H](OCc2ccccc2)C(O)(c2ccc3c(N)ncnn23)O1.C[Si](C)(C)C.Nc1ncnn2c(Br)ccc12.[CH2-]CCC.[Li+]. The largest absolute Gasteiger partial charge is 1.00 e. The number of aromatic nitrogens is 6. The quantitative estimate of drug-likeness (QED) is 0.0805. The summed E-state index contributed by atoms with van der Waals surface area (Å²) in [7, 11) is -0.611. The second-order valence-corrected chi connectivity index (χ2v) is 23.3. The summed E-state index contributed by atoms with van der Waals surface area (Å²) in [4.78, 5) is 19.3. The molecule has 0 spiro atoms. The van der Waals surface area contributed by atoms with Crippen molar-refractivity contribution in [3.8, 4) is 0 Å². The van der Waals surface area contributed by atoms with Gasteiger partial charge in [-0.05, 0) is 64.2 Å². The molecule has 14 nitrogen and oxygen atoms in total. The monoisotopic (exact) mass is 938 g/mol. The minimum absolute atomic E-state index is 0. The van der Waals surface area contributed by atoms with Gasteiger partial charge in [0.2, 0.25) is 5.79 Å². The van der Waals surface area contributed by atoms with Crippen LogP contribution < -0.4 is 30.3 Å². The zero-order chi connectivity index (χ0) is 45.3. The Morgan fingerprint density at radius 2 is 1.29 bits per heavy atom. The van der Waals surface area contributed by atoms with Crippen LogP contribution in [0.2, 0.25) is 26.2 Å². The number of rotatable bonds is 10. The van der Waals surface area contributed by atoms with Gasteiger partial charge in [-0.2, -0.15) is 16.6 Å². The first-order valence-electron chi connectivity index (χ1n) is 21.1. The molecule has 8 rings (SSSR count). The second kappa shape index (κ2) is 26.0. The number of esters is 1. The number of aliphatic hydroxyl groups is 1. The molecule has 63 heavy (non-hydrogen) atoms. The molecule has 0 radical (unpaired) electrons. The number of cyclic esters (lactones) is 1. The van der Waals surface area contributed by atoms with Crippen molar-refractivity contribution in [1.29, 1.82) is 0 Å². The van der Waals surface area contributed by atoms with Gasteiger partial charge in [-0.3, -0.25) is 0 Å². The van der Waals surface area contributed by atoms with E-state index in [4.69, 9.17) is 30.4 Å². The number of ether oxygens (including phenoxy) is 4. The molecule has 0 aliphatic carbocycles. The number of fused-ring (bicyclic) bond motifs is 2. The molecule has 2 aromatic carbocycles. The average Bonchev–Trinajstić information content (AvgIpc) is 4.05. The van der Waals surface area contributed by atoms with Crippen molar-refractivity contribution in [3.63, 3.8) is 0 Å². The minimum Gasteiger partial charge on any atom is -0.460 e. The maximum Gasteiger partial charge on any atom is 1.00 e. The molecular weight excluding hydrogens is 875 g/mol. The zero-order valence-corrected chi connectivity index (χ0v) is 40.7. The molecule has 4 aromatic heterocycles. The Bertz CT molecular complexity index is 2240. The van der Waals surface area contributed by atoms with Crippen LogP contribution in [0.25, 0.3) is 11.0 Å². The minimum atomic E-state index is -1.59. The first kappa shape index (κ1) is 53.2. The summed E-state index contributed by atoms with van der Waals surface area (Å²) in [6.07, 6.45) is 7.04. The normalized spacial score (nSPS) is 20.1. The number of anilines is 2. The van der Waals surface area contributed by atoms with E-state index < -0.39 is 20.0 Å². The van der Waals surface area contributed by atoms with Crippen LogP contribution in [0.5, 0.6) is 0 Å². The summed E-state index contributed by atoms with van der Waals surface area (Å²) in [5, 5.41) is 19.6. The molecule has 2 fully saturated rings. The van der Waals surface area contributed by atoms with Crippen molar-refractivity contribution in [1.82, 2.24) is 29.2 Å². The molecule has 5 N–H and O–H groups in total. The maximum absolute atomic E-state index is 11.4. The number of nitrogen functional groups attached to an aromatic ring is 2. The van der Waals surface area contributed by atoms with Gasteiger partial charge < -0.3 is 42.4 Å². The Morgan fingerprint density at radius 3 is 1.78 bits per heavy atom. The first-order valence-corrected chi connectivity index (χ1v) is 25.9. The predicted molar refractivity (Wildman–Crippen MR) is 250 cm³/mol. The van der Waals surface area contributed by atoms with E-state index in [2.05, 4.69) is 76.1 Å². The summed E-state index contributed by atoms with van der Waals surface area (Å²) in [5.41, 5.74) is 15.5. The molecule has 0 amide bonds. The Hall–Kier alpha value is -4.12. The van der Waals surface area contributed by atoms with Gasteiger partial charge in [0, 0.05) is 20.9 Å². The van der Waals surface area contributed by atoms with Gasteiger partial charge in [-0.25, -0.2) is 23.8 Å². The van der Waals surface area contributed by atoms with Crippen molar-refractivity contribution in [2.45, 2.75) is 129 Å². The van der Waals surface area contributed by atoms with Crippen LogP contribution in [0.15, 0.2) is 102 Å². The van der Waals surface area contributed by atoms with Gasteiger partial charge >= 0.3 is 24.8 Å². The van der Waals surface area contributed by atoms with Crippen molar-refractivity contribution in [3.05, 3.63) is 126 Å². The number of halogens is 1. The molecule has 336 valence electrons. The van der Waals surface area contributed by atoms with Crippen molar-refractivity contribution in [2.24, 2.45) is 0 Å². The fraction of sp³-hybridized carbons (Fsp3) is 0.435. The fourth-order valence-electron chi connectivity index (χ4n) is 6.13. The Morgan fingerprint density at radius 1 is 0.794 bits per heavy atom. The van der Waals surface area contributed by atoms with E-state index in [0.717, 1.165) is 40.5 Å². The van der Waals surface area contributed by atoms with Gasteiger partial charge in [0.15, 0.2) is 17.7 Å². The number of carbonyl (C=O) groups excluding carboxylic acids is 1. The van der Waals surface area contributed by atoms with Crippen LogP contribution >= 0.6 is 15.9 Å². The first-order chi connectivity index (χ1) is 29.6. The van der Waals surface area contributed by atoms with Gasteiger partial charge in [0.25, 0.3) is 0 Å². The van der Waals surface area contributed by atoms with Gasteiger partial charge in [0.1, 0.15) is 46.2 Å². The second-order valence-electron chi connectivity index (χ2n) is 16.5. The van der Waals surface area contributed by atoms with E-state index in [1.807, 2.05) is 86.6 Å². The molecule has 5 atom stereocenters. The summed E-state index contributed by atoms with van der Waals surface area (Å²) in [6, 6.07) is 27.0. The third-order valence-electron chi connectivity index (χ3n) is 9.42. The molecule has 17 heteroatoms. The van der Waals surface area contributed by atoms with E-state index in [0.29, 0.717) is 48.9 Å². The average molecular weight is 940 g/mol. The van der Waals surface area contributed by atoms with Crippen molar-refractivity contribution < 1.29 is 47.7 Å². The summed E-state index contributed by atoms with van der Waals surface area (Å²) < 4.78 is 26.9. The van der Waals surface area contributed by atoms with Crippen LogP contribution in [-0.4, -0.2) is 72.8 Å². The Kier molecular flexibility index (Phi) is 22.0. The van der Waals surface area contributed by atoms with E-state index in [9.17, 15) is 9.90 Å². The molecule has 6 heterocycles. The molecule has 0 saturated carbocycles. The van der Waals surface area contributed by atoms with E-state index in [1.165, 1.54) is 19.1 Å². The van der Waals surface area contributed by atoms with Crippen LogP contribution in [0.1, 0.15) is 76.1 Å². The summed E-state index contributed by atoms with van der Waals surface area (Å²) >= 11 is 3.32. The summed E-state index contributed by atoms with van der Waals surface area (Å²) in [5.74, 6) is -0.974. The molecule has 6 aromatic rings. The Balaban J connectivity index is 0.000000243. The maximum atomic E-state index is 11.4. The topological polar surface area (TPSA) is 187 Å². The van der Waals surface area contributed by atoms with Gasteiger partial charge in [-0.15, -0.1) is 0 Å². The van der Waals surface area contributed by atoms with Crippen LogP contribution in [0, 0.1) is 6.92 Å². The smallest absolute Gasteiger partial charge is 0.460 e. The van der Waals surface area contributed by atoms with Crippen LogP contribution in [-0.2, 0) is 42.7 Å². The molecule has 2 aliphatic heterocycles. The zero-order valence-electron chi connectivity index (χ0n) is 38.1. The third-order valence-corrected chi connectivity index (χ3v) is 10.0. The molecule has 2 aliphatic rings. The number of nitrogens with two attached hydrogens (primary N) is 2. The van der Waals surface area contributed by atoms with Crippen molar-refractivity contribution in [2.75, 3.05) is 11.5 Å². The van der Waals surface area contributed by atoms with E-state index >= 15 is 0 Å². The standard InChI is InChI=1S/C19H22N4O3.C13H16O3.C6H5BrN4.C4H12Si.C4H9.Li/c1-2-14-10-17(25-11-13-6-4-3-5-7-13)19(24,26-14)16-9-8-15-18(20)21-12-22-23(15)16;1-2-11-8-12(13(14)16-11)15-9-10-6-4-3-5-7-10;7-5-2-1-4-6(8)9-3-10-11(4)5;1-5(2,3)4;1-3-4-2;/h3-9,12,14,17,24H,2,10-11H2,1H3,(H2,20,21,22);3-7,11-12H,2,8-9H2,1H3;1-3H,(H2,8,9,10);1-4H3;1,3-4H2,2H3;/q;;;;-1;+1/t14-,17-,19?;11-,12-;;;;/m11..../s1. The van der Waals surface area contributed by atoms with Gasteiger partial charge in [-0.1, -0.05) is 114 Å². The fourth-order valence-corrected chi connectivity index (χ4v) is 6.54. The van der Waals surface area contributed by atoms with Crippen molar-refractivity contribution >= 4 is 52.6 Å². The Labute approximate surface area is 393 Å². The van der Waals surface area contributed by atoms with Crippen LogP contribution in [0.4, 0.5) is 11.6 Å². The molecule has 1 unspecified atom stereocenters. The third kappa shape index (κ3) is 16.1. The summed E-state index contributed by atoms with van der Waals surface area (Å²) in [6.45, 7) is 19.9. The number of carbonyl (C=O) groups is 1. The number of hydrogen-bond donors (Lipinski definition) is 3. The predicted octanol–water partition coefficient (Wildman–Crippen LogP) is 6.19. The number of nitrogens with zero attached hydrogens (tertiary/aromatic N) is 6. The molecule has 0 bridgehead atoms. The number of benzene rings is 2. The molecule has 2 saturated heterocycles. The molecular formula is C46H64BrLiN8O6Si. The van der Waals surface area contributed by atoms with E-state index in [-0.39, 0.29) is 43.1 Å².